The van der Waals surface area contributed by atoms with Crippen LogP contribution >= 0.6 is 11.6 Å². The van der Waals surface area contributed by atoms with Crippen molar-refractivity contribution in [3.63, 3.8) is 0 Å². The van der Waals surface area contributed by atoms with Gasteiger partial charge in [0.25, 0.3) is 5.91 Å². The highest BCUT2D eigenvalue weighted by molar-refractivity contribution is 6.30. The molecule has 2 aromatic carbocycles. The summed E-state index contributed by atoms with van der Waals surface area (Å²) in [6.07, 6.45) is 1.55. The predicted molar refractivity (Wildman–Crippen MR) is 155 cm³/mol. The van der Waals surface area contributed by atoms with Gasteiger partial charge in [0.05, 0.1) is 49.7 Å². The molecule has 1 saturated carbocycles. The highest BCUT2D eigenvalue weighted by Gasteiger charge is 2.39. The first-order valence-corrected chi connectivity index (χ1v) is 14.0. The number of phenols is 1. The van der Waals surface area contributed by atoms with E-state index in [-0.39, 0.29) is 30.9 Å². The van der Waals surface area contributed by atoms with Crippen LogP contribution in [0, 0.1) is 11.3 Å². The van der Waals surface area contributed by atoms with Crippen LogP contribution in [0.5, 0.6) is 5.75 Å². The second kappa shape index (κ2) is 13.5. The van der Waals surface area contributed by atoms with Gasteiger partial charge in [0, 0.05) is 28.9 Å². The standard InChI is InChI=1S/C29H33ClN6O6/c1-2-42-26(40)12-24(17-6-19(10-20(30)7-17)29(16-31)4-3-5-29)36-25(39)15-32-27(41)18-8-21(11-22(37)9-18)35-28-33-13-23(38)14-34-28/h6-11,23-24,37-38H,2-5,12-15H2,1H3,(H,32,41)(H,36,39)(H2,33,34,35)/t24-/m0/s1. The first-order valence-electron chi connectivity index (χ1n) is 13.6. The summed E-state index contributed by atoms with van der Waals surface area (Å²) in [5.74, 6) is -1.52. The number of nitriles is 1. The van der Waals surface area contributed by atoms with Gasteiger partial charge in [-0.15, -0.1) is 0 Å². The summed E-state index contributed by atoms with van der Waals surface area (Å²) in [5, 5.41) is 41.0. The van der Waals surface area contributed by atoms with Gasteiger partial charge in [-0.25, -0.2) is 0 Å². The molecule has 2 aliphatic rings. The van der Waals surface area contributed by atoms with Crippen LogP contribution in [0.15, 0.2) is 41.4 Å². The maximum absolute atomic E-state index is 12.9. The predicted octanol–water partition coefficient (Wildman–Crippen LogP) is 2.26. The SMILES string of the molecule is CCOC(=O)C[C@H](NC(=O)CNC(=O)c1cc(O)cc(NC2=NCC(O)CN2)c1)c1cc(Cl)cc(C2(C#N)CCC2)c1. The van der Waals surface area contributed by atoms with Crippen molar-refractivity contribution < 1.29 is 29.3 Å². The molecule has 0 spiro atoms. The van der Waals surface area contributed by atoms with E-state index in [4.69, 9.17) is 16.3 Å². The number of hydrogen-bond donors (Lipinski definition) is 6. The molecule has 0 saturated heterocycles. The van der Waals surface area contributed by atoms with Crippen LogP contribution in [0.4, 0.5) is 5.69 Å². The fourth-order valence-electron chi connectivity index (χ4n) is 4.80. The van der Waals surface area contributed by atoms with Crippen molar-refractivity contribution in [1.82, 2.24) is 16.0 Å². The minimum Gasteiger partial charge on any atom is -0.508 e. The highest BCUT2D eigenvalue weighted by atomic mass is 35.5. The van der Waals surface area contributed by atoms with Crippen molar-refractivity contribution in [1.29, 1.82) is 5.26 Å². The molecular formula is C29H33ClN6O6. The first kappa shape index (κ1) is 30.6. The molecule has 6 N–H and O–H groups in total. The smallest absolute Gasteiger partial charge is 0.308 e. The number of halogens is 1. The number of nitrogens with one attached hydrogen (secondary N) is 4. The zero-order chi connectivity index (χ0) is 30.3. The number of phenolic OH excluding ortho intramolecular Hbond substituents is 1. The maximum atomic E-state index is 12.9. The Bertz CT molecular complexity index is 1420. The molecule has 1 unspecified atom stereocenters. The van der Waals surface area contributed by atoms with Gasteiger partial charge in [0.2, 0.25) is 5.91 Å². The van der Waals surface area contributed by atoms with Gasteiger partial charge in [-0.2, -0.15) is 5.26 Å². The highest BCUT2D eigenvalue weighted by Crippen LogP contribution is 2.44. The van der Waals surface area contributed by atoms with Crippen LogP contribution in [0.3, 0.4) is 0 Å². The van der Waals surface area contributed by atoms with Crippen molar-refractivity contribution in [2.45, 2.75) is 50.2 Å². The lowest BCUT2D eigenvalue weighted by molar-refractivity contribution is -0.143. The summed E-state index contributed by atoms with van der Waals surface area (Å²) >= 11 is 6.39. The third-order valence-corrected chi connectivity index (χ3v) is 7.34. The number of aromatic hydroxyl groups is 1. The van der Waals surface area contributed by atoms with Gasteiger partial charge < -0.3 is 36.2 Å². The molecule has 222 valence electrons. The van der Waals surface area contributed by atoms with Gasteiger partial charge in [0.15, 0.2) is 5.96 Å². The van der Waals surface area contributed by atoms with Crippen LogP contribution in [0.25, 0.3) is 0 Å². The molecular weight excluding hydrogens is 564 g/mol. The number of esters is 1. The molecule has 42 heavy (non-hydrogen) atoms. The third kappa shape index (κ3) is 7.69. The quantitative estimate of drug-likeness (QED) is 0.224. The average molecular weight is 597 g/mol. The van der Waals surface area contributed by atoms with Gasteiger partial charge >= 0.3 is 5.97 Å². The lowest BCUT2D eigenvalue weighted by Gasteiger charge is -2.36. The molecule has 0 bridgehead atoms. The molecule has 2 atom stereocenters. The number of benzene rings is 2. The summed E-state index contributed by atoms with van der Waals surface area (Å²) in [7, 11) is 0. The molecule has 2 aromatic rings. The molecule has 12 nitrogen and oxygen atoms in total. The fraction of sp³-hybridized carbons (Fsp3) is 0.414. The second-order valence-electron chi connectivity index (χ2n) is 10.3. The Morgan fingerprint density at radius 3 is 2.67 bits per heavy atom. The minimum absolute atomic E-state index is 0.0894. The summed E-state index contributed by atoms with van der Waals surface area (Å²) in [5.41, 5.74) is 1.09. The number of guanidine groups is 1. The number of nitrogens with zero attached hydrogens (tertiary/aromatic N) is 2. The molecule has 13 heteroatoms. The molecule has 0 radical (unpaired) electrons. The van der Waals surface area contributed by atoms with Crippen molar-refractivity contribution in [3.8, 4) is 11.8 Å². The van der Waals surface area contributed by atoms with E-state index in [0.717, 1.165) is 12.0 Å². The number of β-amino-alcohol motifs (C(OH)–C–C–N with tert-alkyl or cyclic N) is 1. The van der Waals surface area contributed by atoms with E-state index >= 15 is 0 Å². The Kier molecular flexibility index (Phi) is 9.88. The number of carbonyl (C=O) groups is 3. The van der Waals surface area contributed by atoms with Crippen LogP contribution in [-0.2, 0) is 19.7 Å². The van der Waals surface area contributed by atoms with Gasteiger partial charge in [0.1, 0.15) is 5.75 Å². The molecule has 1 aliphatic heterocycles. The molecule has 1 fully saturated rings. The van der Waals surface area contributed by atoms with Crippen molar-refractivity contribution in [2.24, 2.45) is 4.99 Å². The average Bonchev–Trinajstić information content (AvgIpc) is 2.92. The second-order valence-corrected chi connectivity index (χ2v) is 10.7. The number of hydrogen-bond acceptors (Lipinski definition) is 10. The Hall–Kier alpha value is -4.34. The van der Waals surface area contributed by atoms with Crippen LogP contribution < -0.4 is 21.3 Å². The van der Waals surface area contributed by atoms with Gasteiger partial charge in [-0.3, -0.25) is 19.4 Å². The Morgan fingerprint density at radius 2 is 2.02 bits per heavy atom. The Labute approximate surface area is 248 Å². The monoisotopic (exact) mass is 596 g/mol. The van der Waals surface area contributed by atoms with E-state index in [2.05, 4.69) is 32.3 Å². The number of anilines is 1. The molecule has 0 aromatic heterocycles. The third-order valence-electron chi connectivity index (χ3n) is 7.13. The van der Waals surface area contributed by atoms with Gasteiger partial charge in [-0.1, -0.05) is 17.7 Å². The lowest BCUT2D eigenvalue weighted by Crippen LogP contribution is -2.42. The van der Waals surface area contributed by atoms with Crippen molar-refractivity contribution >= 4 is 41.0 Å². The minimum atomic E-state index is -0.819. The number of rotatable bonds is 10. The first-order chi connectivity index (χ1) is 20.1. The van der Waals surface area contributed by atoms with Crippen molar-refractivity contribution in [2.75, 3.05) is 31.6 Å². The Balaban J connectivity index is 1.44. The Morgan fingerprint density at radius 1 is 1.24 bits per heavy atom. The van der Waals surface area contributed by atoms with Gasteiger partial charge in [-0.05, 0) is 61.6 Å². The number of ether oxygens (including phenoxy) is 1. The number of aliphatic imine (C=N–C) groups is 1. The summed E-state index contributed by atoms with van der Waals surface area (Å²) in [6, 6.07) is 10.8. The van der Waals surface area contributed by atoms with E-state index in [1.54, 1.807) is 25.1 Å². The van der Waals surface area contributed by atoms with E-state index < -0.39 is 41.9 Å². The lowest BCUT2D eigenvalue weighted by atomic mass is 9.65. The van der Waals surface area contributed by atoms with E-state index in [0.29, 0.717) is 41.6 Å². The summed E-state index contributed by atoms with van der Waals surface area (Å²) in [4.78, 5) is 42.3. The number of amides is 2. The molecule has 1 heterocycles. The molecule has 2 amide bonds. The largest absolute Gasteiger partial charge is 0.508 e. The molecule has 4 rings (SSSR count). The number of carbonyl (C=O) groups excluding carboxylic acids is 3. The van der Waals surface area contributed by atoms with Crippen LogP contribution in [0.1, 0.15) is 60.1 Å². The maximum Gasteiger partial charge on any atom is 0.308 e. The van der Waals surface area contributed by atoms with E-state index in [1.165, 1.54) is 18.2 Å². The zero-order valence-electron chi connectivity index (χ0n) is 23.1. The molecule has 1 aliphatic carbocycles. The number of aliphatic hydroxyl groups excluding tert-OH is 1. The van der Waals surface area contributed by atoms with Crippen LogP contribution in [-0.4, -0.2) is 66.3 Å². The zero-order valence-corrected chi connectivity index (χ0v) is 23.8. The summed E-state index contributed by atoms with van der Waals surface area (Å²) < 4.78 is 5.09. The van der Waals surface area contributed by atoms with Crippen LogP contribution in [0.2, 0.25) is 5.02 Å². The van der Waals surface area contributed by atoms with E-state index in [1.807, 2.05) is 0 Å². The normalized spacial score (nSPS) is 17.8. The summed E-state index contributed by atoms with van der Waals surface area (Å²) in [6.45, 7) is 1.94. The number of aliphatic hydroxyl groups is 1. The van der Waals surface area contributed by atoms with E-state index in [9.17, 15) is 29.9 Å². The topological polar surface area (TPSA) is 185 Å². The van der Waals surface area contributed by atoms with Crippen molar-refractivity contribution in [3.05, 3.63) is 58.1 Å². The fourth-order valence-corrected chi connectivity index (χ4v) is 5.04.